The SMILES string of the molecule is CCC[C@H](c1cc(F)cc(Cl)c1O)N1CCNCC1. The summed E-state index contributed by atoms with van der Waals surface area (Å²) in [5.41, 5.74) is 0.605. The Hall–Kier alpha value is -0.840. The number of halogens is 2. The van der Waals surface area contributed by atoms with Gasteiger partial charge in [-0.15, -0.1) is 0 Å². The average molecular weight is 287 g/mol. The number of aromatic hydroxyl groups is 1. The van der Waals surface area contributed by atoms with Crippen LogP contribution in [0.25, 0.3) is 0 Å². The van der Waals surface area contributed by atoms with E-state index in [-0.39, 0.29) is 16.8 Å². The monoisotopic (exact) mass is 286 g/mol. The molecule has 1 saturated heterocycles. The third-order valence-electron chi connectivity index (χ3n) is 3.57. The maximum Gasteiger partial charge on any atom is 0.139 e. The van der Waals surface area contributed by atoms with Crippen molar-refractivity contribution < 1.29 is 9.50 Å². The van der Waals surface area contributed by atoms with Gasteiger partial charge in [0, 0.05) is 37.8 Å². The van der Waals surface area contributed by atoms with Gasteiger partial charge in [-0.3, -0.25) is 4.90 Å². The second-order valence-corrected chi connectivity index (χ2v) is 5.32. The number of rotatable bonds is 4. The van der Waals surface area contributed by atoms with Gasteiger partial charge in [0.2, 0.25) is 0 Å². The Kier molecular flexibility index (Phi) is 5.02. The van der Waals surface area contributed by atoms with Gasteiger partial charge < -0.3 is 10.4 Å². The third kappa shape index (κ3) is 3.38. The number of nitrogens with one attached hydrogen (secondary N) is 1. The molecule has 1 fully saturated rings. The fraction of sp³-hybridized carbons (Fsp3) is 0.571. The number of benzene rings is 1. The molecule has 5 heteroatoms. The van der Waals surface area contributed by atoms with Crippen LogP contribution in [-0.4, -0.2) is 36.2 Å². The first kappa shape index (κ1) is 14.6. The maximum atomic E-state index is 13.5. The van der Waals surface area contributed by atoms with Gasteiger partial charge in [-0.05, 0) is 18.6 Å². The number of piperazine rings is 1. The van der Waals surface area contributed by atoms with Crippen molar-refractivity contribution in [1.82, 2.24) is 10.2 Å². The minimum absolute atomic E-state index is 0.0139. The second-order valence-electron chi connectivity index (χ2n) is 4.92. The molecule has 1 aliphatic heterocycles. The number of nitrogens with zero attached hydrogens (tertiary/aromatic N) is 1. The van der Waals surface area contributed by atoms with Crippen molar-refractivity contribution in [3.63, 3.8) is 0 Å². The van der Waals surface area contributed by atoms with E-state index in [0.717, 1.165) is 45.1 Å². The number of hydrogen-bond donors (Lipinski definition) is 2. The normalized spacial score (nSPS) is 18.5. The molecule has 1 aromatic carbocycles. The average Bonchev–Trinajstić information content (AvgIpc) is 2.41. The summed E-state index contributed by atoms with van der Waals surface area (Å²) in [6.45, 7) is 5.73. The van der Waals surface area contributed by atoms with Crippen molar-refractivity contribution in [3.8, 4) is 5.75 Å². The van der Waals surface area contributed by atoms with Crippen LogP contribution < -0.4 is 5.32 Å². The number of hydrogen-bond acceptors (Lipinski definition) is 3. The Bertz CT molecular complexity index is 436. The Morgan fingerprint density at radius 3 is 2.74 bits per heavy atom. The molecular weight excluding hydrogens is 267 g/mol. The molecule has 1 aliphatic rings. The van der Waals surface area contributed by atoms with Crippen LogP contribution in [0, 0.1) is 5.82 Å². The highest BCUT2D eigenvalue weighted by Crippen LogP contribution is 2.37. The number of phenolic OH excluding ortho intramolecular Hbond substituents is 1. The molecule has 0 aliphatic carbocycles. The summed E-state index contributed by atoms with van der Waals surface area (Å²) in [6.07, 6.45) is 1.86. The van der Waals surface area contributed by atoms with Crippen molar-refractivity contribution in [2.24, 2.45) is 0 Å². The summed E-state index contributed by atoms with van der Waals surface area (Å²) >= 11 is 5.88. The predicted molar refractivity (Wildman–Crippen MR) is 75.2 cm³/mol. The van der Waals surface area contributed by atoms with E-state index in [1.165, 1.54) is 6.07 Å². The predicted octanol–water partition coefficient (Wildman–Crippen LogP) is 2.93. The van der Waals surface area contributed by atoms with Gasteiger partial charge in [0.25, 0.3) is 0 Å². The highest BCUT2D eigenvalue weighted by Gasteiger charge is 2.25. The third-order valence-corrected chi connectivity index (χ3v) is 3.86. The molecule has 2 rings (SSSR count). The lowest BCUT2D eigenvalue weighted by atomic mass is 9.98. The maximum absolute atomic E-state index is 13.5. The summed E-state index contributed by atoms with van der Waals surface area (Å²) in [5, 5.41) is 13.5. The van der Waals surface area contributed by atoms with E-state index < -0.39 is 5.82 Å². The molecule has 106 valence electrons. The summed E-state index contributed by atoms with van der Waals surface area (Å²) < 4.78 is 13.5. The van der Waals surface area contributed by atoms with Gasteiger partial charge in [0.05, 0.1) is 5.02 Å². The van der Waals surface area contributed by atoms with Crippen LogP contribution in [0.2, 0.25) is 5.02 Å². The van der Waals surface area contributed by atoms with Gasteiger partial charge in [-0.25, -0.2) is 4.39 Å². The molecule has 0 saturated carbocycles. The van der Waals surface area contributed by atoms with Gasteiger partial charge in [0.1, 0.15) is 11.6 Å². The first-order valence-corrected chi connectivity index (χ1v) is 7.14. The van der Waals surface area contributed by atoms with E-state index in [9.17, 15) is 9.50 Å². The molecule has 2 N–H and O–H groups in total. The van der Waals surface area contributed by atoms with Gasteiger partial charge >= 0.3 is 0 Å². The van der Waals surface area contributed by atoms with Gasteiger partial charge in [-0.1, -0.05) is 24.9 Å². The summed E-state index contributed by atoms with van der Waals surface area (Å²) in [5.74, 6) is -0.380. The van der Waals surface area contributed by atoms with Crippen LogP contribution >= 0.6 is 11.6 Å². The standard InChI is InChI=1S/C14H20ClFN2O/c1-2-3-13(18-6-4-17-5-7-18)11-8-10(16)9-12(15)14(11)19/h8-9,13,17,19H,2-7H2,1H3/t13-/m1/s1. The van der Waals surface area contributed by atoms with E-state index in [1.54, 1.807) is 0 Å². The smallest absolute Gasteiger partial charge is 0.139 e. The quantitative estimate of drug-likeness (QED) is 0.893. The fourth-order valence-electron chi connectivity index (χ4n) is 2.64. The molecule has 0 spiro atoms. The van der Waals surface area contributed by atoms with Crippen LogP contribution in [0.3, 0.4) is 0 Å². The first-order valence-electron chi connectivity index (χ1n) is 6.76. The molecule has 1 aromatic rings. The zero-order valence-electron chi connectivity index (χ0n) is 11.1. The summed E-state index contributed by atoms with van der Waals surface area (Å²) in [7, 11) is 0. The highest BCUT2D eigenvalue weighted by molar-refractivity contribution is 6.32. The lowest BCUT2D eigenvalue weighted by molar-refractivity contribution is 0.162. The highest BCUT2D eigenvalue weighted by atomic mass is 35.5. The molecule has 0 bridgehead atoms. The minimum atomic E-state index is -0.394. The molecule has 0 aromatic heterocycles. The second kappa shape index (κ2) is 6.55. The molecule has 0 radical (unpaired) electrons. The topological polar surface area (TPSA) is 35.5 Å². The van der Waals surface area contributed by atoms with Gasteiger partial charge in [-0.2, -0.15) is 0 Å². The molecule has 0 amide bonds. The van der Waals surface area contributed by atoms with E-state index in [0.29, 0.717) is 5.56 Å². The molecule has 3 nitrogen and oxygen atoms in total. The minimum Gasteiger partial charge on any atom is -0.506 e. The van der Waals surface area contributed by atoms with Crippen LogP contribution in [0.1, 0.15) is 31.4 Å². The largest absolute Gasteiger partial charge is 0.506 e. The number of phenols is 1. The first-order chi connectivity index (χ1) is 9.13. The van der Waals surface area contributed by atoms with E-state index in [4.69, 9.17) is 11.6 Å². The molecule has 0 unspecified atom stereocenters. The molecule has 1 atom stereocenters. The fourth-order valence-corrected chi connectivity index (χ4v) is 2.86. The van der Waals surface area contributed by atoms with Crippen molar-refractivity contribution >= 4 is 11.6 Å². The van der Waals surface area contributed by atoms with Crippen molar-refractivity contribution in [3.05, 3.63) is 28.5 Å². The van der Waals surface area contributed by atoms with Crippen LogP contribution in [-0.2, 0) is 0 Å². The lowest BCUT2D eigenvalue weighted by Gasteiger charge is -2.35. The van der Waals surface area contributed by atoms with Crippen LogP contribution in [0.15, 0.2) is 12.1 Å². The van der Waals surface area contributed by atoms with E-state index >= 15 is 0 Å². The molecule has 19 heavy (non-hydrogen) atoms. The summed E-state index contributed by atoms with van der Waals surface area (Å²) in [6, 6.07) is 2.59. The Morgan fingerprint density at radius 1 is 1.42 bits per heavy atom. The van der Waals surface area contributed by atoms with E-state index in [2.05, 4.69) is 17.1 Å². The zero-order chi connectivity index (χ0) is 13.8. The molecular formula is C14H20ClFN2O. The van der Waals surface area contributed by atoms with Crippen LogP contribution in [0.5, 0.6) is 5.75 Å². The summed E-state index contributed by atoms with van der Waals surface area (Å²) in [4.78, 5) is 2.28. The van der Waals surface area contributed by atoms with Crippen LogP contribution in [0.4, 0.5) is 4.39 Å². The Morgan fingerprint density at radius 2 is 2.11 bits per heavy atom. The van der Waals surface area contributed by atoms with Crippen molar-refractivity contribution in [2.45, 2.75) is 25.8 Å². The zero-order valence-corrected chi connectivity index (χ0v) is 11.9. The van der Waals surface area contributed by atoms with Crippen molar-refractivity contribution in [2.75, 3.05) is 26.2 Å². The Labute approximate surface area is 118 Å². The Balaban J connectivity index is 2.32. The lowest BCUT2D eigenvalue weighted by Crippen LogP contribution is -2.45. The molecule has 1 heterocycles. The van der Waals surface area contributed by atoms with E-state index in [1.807, 2.05) is 0 Å². The van der Waals surface area contributed by atoms with Crippen molar-refractivity contribution in [1.29, 1.82) is 0 Å². The van der Waals surface area contributed by atoms with Gasteiger partial charge in [0.15, 0.2) is 0 Å².